The molecule has 0 unspecified atom stereocenters. The first kappa shape index (κ1) is 20.9. The zero-order chi connectivity index (χ0) is 20.9. The normalized spacial score (nSPS) is 11.0. The van der Waals surface area contributed by atoms with E-state index in [1.165, 1.54) is 12.1 Å². The number of nitrogens with one attached hydrogen (secondary N) is 2. The topological polar surface area (TPSA) is 84.5 Å². The Balaban J connectivity index is 1.71. The first-order chi connectivity index (χ1) is 13.9. The highest BCUT2D eigenvalue weighted by molar-refractivity contribution is 9.10. The van der Waals surface area contributed by atoms with Crippen molar-refractivity contribution in [1.82, 2.24) is 0 Å². The Morgan fingerprint density at radius 1 is 0.966 bits per heavy atom. The Morgan fingerprint density at radius 3 is 2.41 bits per heavy atom. The summed E-state index contributed by atoms with van der Waals surface area (Å²) >= 11 is 3.31. The third-order valence-electron chi connectivity index (χ3n) is 4.02. The van der Waals surface area contributed by atoms with Gasteiger partial charge in [-0.15, -0.1) is 0 Å². The molecule has 0 fully saturated rings. The number of hydrogen-bond donors (Lipinski definition) is 2. The second-order valence-corrected chi connectivity index (χ2v) is 8.81. The number of hydrogen-bond acceptors (Lipinski definition) is 4. The van der Waals surface area contributed by atoms with Crippen molar-refractivity contribution in [2.45, 2.75) is 11.3 Å². The fourth-order valence-corrected chi connectivity index (χ4v) is 4.01. The van der Waals surface area contributed by atoms with Crippen molar-refractivity contribution in [3.8, 4) is 5.75 Å². The average Bonchev–Trinajstić information content (AvgIpc) is 2.70. The second kappa shape index (κ2) is 9.11. The molecule has 0 aliphatic carbocycles. The van der Waals surface area contributed by atoms with Crippen molar-refractivity contribution in [3.63, 3.8) is 0 Å². The standard InChI is InChI=1S/C21H19BrN2O4S/c1-28-19-6-2-4-15(12-19)13-21(25)23-18-5-3-7-20(14-18)29(26,27)24-17-10-8-16(22)9-11-17/h2-12,14,24H,13H2,1H3,(H,23,25). The van der Waals surface area contributed by atoms with Crippen LogP contribution in [0.25, 0.3) is 0 Å². The van der Waals surface area contributed by atoms with Crippen LogP contribution in [0.3, 0.4) is 0 Å². The fourth-order valence-electron chi connectivity index (χ4n) is 2.65. The number of halogens is 1. The minimum absolute atomic E-state index is 0.0552. The minimum atomic E-state index is -3.79. The molecule has 3 aromatic carbocycles. The molecule has 8 heteroatoms. The quantitative estimate of drug-likeness (QED) is 0.529. The van der Waals surface area contributed by atoms with Gasteiger partial charge in [0, 0.05) is 15.8 Å². The summed E-state index contributed by atoms with van der Waals surface area (Å²) in [5.74, 6) is 0.413. The molecule has 2 N–H and O–H groups in total. The van der Waals surface area contributed by atoms with E-state index < -0.39 is 10.0 Å². The van der Waals surface area contributed by atoms with Gasteiger partial charge in [-0.05, 0) is 60.2 Å². The van der Waals surface area contributed by atoms with Gasteiger partial charge in [0.05, 0.1) is 18.4 Å². The highest BCUT2D eigenvalue weighted by Crippen LogP contribution is 2.21. The van der Waals surface area contributed by atoms with Crippen LogP contribution >= 0.6 is 15.9 Å². The molecule has 0 aromatic heterocycles. The summed E-state index contributed by atoms with van der Waals surface area (Å²) in [7, 11) is -2.22. The van der Waals surface area contributed by atoms with E-state index in [1.54, 1.807) is 55.6 Å². The molecular formula is C21H19BrN2O4S. The van der Waals surface area contributed by atoms with Crippen LogP contribution in [0.4, 0.5) is 11.4 Å². The monoisotopic (exact) mass is 474 g/mol. The van der Waals surface area contributed by atoms with Crippen LogP contribution < -0.4 is 14.8 Å². The zero-order valence-corrected chi connectivity index (χ0v) is 18.0. The van der Waals surface area contributed by atoms with E-state index in [-0.39, 0.29) is 17.2 Å². The van der Waals surface area contributed by atoms with Crippen molar-refractivity contribution in [2.24, 2.45) is 0 Å². The van der Waals surface area contributed by atoms with E-state index in [2.05, 4.69) is 26.0 Å². The molecular weight excluding hydrogens is 456 g/mol. The number of carbonyl (C=O) groups is 1. The number of ether oxygens (including phenoxy) is 1. The van der Waals surface area contributed by atoms with Crippen LogP contribution in [0.1, 0.15) is 5.56 Å². The van der Waals surface area contributed by atoms with E-state index in [9.17, 15) is 13.2 Å². The van der Waals surface area contributed by atoms with Crippen LogP contribution in [0.2, 0.25) is 0 Å². The van der Waals surface area contributed by atoms with Gasteiger partial charge >= 0.3 is 0 Å². The van der Waals surface area contributed by atoms with Crippen LogP contribution in [0.15, 0.2) is 82.2 Å². The molecule has 0 saturated heterocycles. The van der Waals surface area contributed by atoms with Crippen molar-refractivity contribution < 1.29 is 17.9 Å². The molecule has 3 aromatic rings. The molecule has 0 bridgehead atoms. The summed E-state index contributed by atoms with van der Waals surface area (Å²) in [6.45, 7) is 0. The Morgan fingerprint density at radius 2 is 1.69 bits per heavy atom. The maximum Gasteiger partial charge on any atom is 0.261 e. The van der Waals surface area contributed by atoms with Gasteiger partial charge in [0.1, 0.15) is 5.75 Å². The number of amides is 1. The number of methoxy groups -OCH3 is 1. The van der Waals surface area contributed by atoms with Gasteiger partial charge in [-0.25, -0.2) is 8.42 Å². The first-order valence-corrected chi connectivity index (χ1v) is 10.9. The molecule has 0 atom stereocenters. The predicted octanol–water partition coefficient (Wildman–Crippen LogP) is 4.44. The Labute approximate surface area is 178 Å². The lowest BCUT2D eigenvalue weighted by molar-refractivity contribution is -0.115. The lowest BCUT2D eigenvalue weighted by Gasteiger charge is -2.11. The summed E-state index contributed by atoms with van der Waals surface area (Å²) in [4.78, 5) is 12.4. The predicted molar refractivity (Wildman–Crippen MR) is 117 cm³/mol. The number of rotatable bonds is 7. The Kier molecular flexibility index (Phi) is 6.56. The summed E-state index contributed by atoms with van der Waals surface area (Å²) in [6.07, 6.45) is 0.144. The highest BCUT2D eigenvalue weighted by atomic mass is 79.9. The minimum Gasteiger partial charge on any atom is -0.497 e. The third-order valence-corrected chi connectivity index (χ3v) is 5.93. The average molecular weight is 475 g/mol. The van der Waals surface area contributed by atoms with Crippen LogP contribution in [0.5, 0.6) is 5.75 Å². The SMILES string of the molecule is COc1cccc(CC(=O)Nc2cccc(S(=O)(=O)Nc3ccc(Br)cc3)c2)c1. The molecule has 0 aliphatic rings. The summed E-state index contributed by atoms with van der Waals surface area (Å²) < 4.78 is 33.8. The molecule has 29 heavy (non-hydrogen) atoms. The molecule has 0 radical (unpaired) electrons. The smallest absolute Gasteiger partial charge is 0.261 e. The van der Waals surface area contributed by atoms with Gasteiger partial charge in [-0.3, -0.25) is 9.52 Å². The highest BCUT2D eigenvalue weighted by Gasteiger charge is 2.15. The van der Waals surface area contributed by atoms with Gasteiger partial charge in [-0.1, -0.05) is 34.1 Å². The Hall–Kier alpha value is -2.84. The van der Waals surface area contributed by atoms with Gasteiger partial charge in [0.25, 0.3) is 10.0 Å². The molecule has 1 amide bonds. The summed E-state index contributed by atoms with van der Waals surface area (Å²) in [5, 5.41) is 2.73. The summed E-state index contributed by atoms with van der Waals surface area (Å²) in [5.41, 5.74) is 1.64. The number of benzene rings is 3. The van der Waals surface area contributed by atoms with E-state index >= 15 is 0 Å². The lowest BCUT2D eigenvalue weighted by Crippen LogP contribution is -2.16. The van der Waals surface area contributed by atoms with E-state index in [4.69, 9.17) is 4.74 Å². The van der Waals surface area contributed by atoms with Gasteiger partial charge in [0.2, 0.25) is 5.91 Å². The second-order valence-electron chi connectivity index (χ2n) is 6.22. The van der Waals surface area contributed by atoms with E-state index in [0.29, 0.717) is 17.1 Å². The van der Waals surface area contributed by atoms with Crippen molar-refractivity contribution >= 4 is 43.2 Å². The zero-order valence-electron chi connectivity index (χ0n) is 15.6. The molecule has 0 aliphatic heterocycles. The van der Waals surface area contributed by atoms with E-state index in [0.717, 1.165) is 10.0 Å². The Bertz CT molecular complexity index is 1120. The van der Waals surface area contributed by atoms with Crippen LogP contribution in [-0.2, 0) is 21.2 Å². The molecule has 0 saturated carbocycles. The molecule has 3 rings (SSSR count). The molecule has 6 nitrogen and oxygen atoms in total. The maximum atomic E-state index is 12.6. The van der Waals surface area contributed by atoms with Crippen molar-refractivity contribution in [3.05, 3.63) is 82.8 Å². The van der Waals surface area contributed by atoms with Crippen LogP contribution in [0, 0.1) is 0 Å². The number of sulfonamides is 1. The molecule has 150 valence electrons. The largest absolute Gasteiger partial charge is 0.497 e. The van der Waals surface area contributed by atoms with Crippen LogP contribution in [-0.4, -0.2) is 21.4 Å². The van der Waals surface area contributed by atoms with E-state index in [1.807, 2.05) is 12.1 Å². The third kappa shape index (κ3) is 5.82. The number of anilines is 2. The van der Waals surface area contributed by atoms with Gasteiger partial charge < -0.3 is 10.1 Å². The summed E-state index contributed by atoms with van der Waals surface area (Å²) in [6, 6.07) is 20.1. The van der Waals surface area contributed by atoms with Crippen molar-refractivity contribution in [1.29, 1.82) is 0 Å². The fraction of sp³-hybridized carbons (Fsp3) is 0.0952. The molecule has 0 heterocycles. The van der Waals surface area contributed by atoms with Crippen molar-refractivity contribution in [2.75, 3.05) is 17.1 Å². The molecule has 0 spiro atoms. The van der Waals surface area contributed by atoms with Gasteiger partial charge in [-0.2, -0.15) is 0 Å². The lowest BCUT2D eigenvalue weighted by atomic mass is 10.1. The maximum absolute atomic E-state index is 12.6. The number of carbonyl (C=O) groups excluding carboxylic acids is 1. The first-order valence-electron chi connectivity index (χ1n) is 8.67. The van der Waals surface area contributed by atoms with Gasteiger partial charge in [0.15, 0.2) is 0 Å².